The Bertz CT molecular complexity index is 1060. The normalized spacial score (nSPS) is 15.0. The third-order valence-electron chi connectivity index (χ3n) is 5.44. The lowest BCUT2D eigenvalue weighted by Gasteiger charge is -2.27. The molecule has 0 saturated carbocycles. The van der Waals surface area contributed by atoms with E-state index in [2.05, 4.69) is 5.32 Å². The molecule has 2 aromatic carbocycles. The lowest BCUT2D eigenvalue weighted by atomic mass is 10.1. The van der Waals surface area contributed by atoms with Gasteiger partial charge in [0, 0.05) is 20.1 Å². The van der Waals surface area contributed by atoms with Crippen molar-refractivity contribution in [3.63, 3.8) is 0 Å². The van der Waals surface area contributed by atoms with E-state index in [-0.39, 0.29) is 11.8 Å². The molecular formula is C23H29N3O5S. The number of carbonyl (C=O) groups is 2. The fourth-order valence-electron chi connectivity index (χ4n) is 3.46. The molecule has 0 radical (unpaired) electrons. The molecule has 0 unspecified atom stereocenters. The topological polar surface area (TPSA) is 96.0 Å². The summed E-state index contributed by atoms with van der Waals surface area (Å²) in [6.07, 6.45) is 3.40. The summed E-state index contributed by atoms with van der Waals surface area (Å²) >= 11 is 0. The smallest absolute Gasteiger partial charge is 0.265 e. The monoisotopic (exact) mass is 459 g/mol. The molecule has 3 rings (SSSR count). The summed E-state index contributed by atoms with van der Waals surface area (Å²) in [5.74, 6) is -0.0445. The average Bonchev–Trinajstić information content (AvgIpc) is 2.79. The summed E-state index contributed by atoms with van der Waals surface area (Å²) < 4.78 is 30.2. The largest absolute Gasteiger partial charge is 0.481 e. The number of para-hydroxylation sites is 1. The van der Waals surface area contributed by atoms with E-state index in [0.717, 1.165) is 42.9 Å². The van der Waals surface area contributed by atoms with Gasteiger partial charge in [-0.15, -0.1) is 0 Å². The number of hydrogen-bond acceptors (Lipinski definition) is 5. The van der Waals surface area contributed by atoms with Crippen LogP contribution in [0.5, 0.6) is 5.75 Å². The van der Waals surface area contributed by atoms with Crippen molar-refractivity contribution in [2.75, 3.05) is 36.0 Å². The third kappa shape index (κ3) is 5.79. The van der Waals surface area contributed by atoms with E-state index in [9.17, 15) is 18.0 Å². The van der Waals surface area contributed by atoms with Crippen molar-refractivity contribution >= 4 is 33.2 Å². The SMILES string of the molecule is C[C@@H](Oc1ccc(N(C)S(C)(=O)=O)cc1)C(=O)Nc1ccccc1C(=O)N1CCCCC1. The molecule has 1 atom stereocenters. The third-order valence-corrected chi connectivity index (χ3v) is 6.64. The molecule has 32 heavy (non-hydrogen) atoms. The minimum absolute atomic E-state index is 0.0836. The number of hydrogen-bond donors (Lipinski definition) is 1. The molecule has 0 aromatic heterocycles. The molecule has 1 N–H and O–H groups in total. The number of anilines is 2. The first-order chi connectivity index (χ1) is 15.2. The molecule has 9 heteroatoms. The lowest BCUT2D eigenvalue weighted by molar-refractivity contribution is -0.122. The Labute approximate surface area is 189 Å². The number of benzene rings is 2. The maximum absolute atomic E-state index is 12.9. The summed E-state index contributed by atoms with van der Waals surface area (Å²) in [4.78, 5) is 27.5. The van der Waals surface area contributed by atoms with Crippen molar-refractivity contribution in [2.24, 2.45) is 0 Å². The van der Waals surface area contributed by atoms with Gasteiger partial charge in [0.2, 0.25) is 10.0 Å². The first-order valence-corrected chi connectivity index (χ1v) is 12.4. The lowest BCUT2D eigenvalue weighted by Crippen LogP contribution is -2.36. The molecule has 2 aromatic rings. The zero-order valence-corrected chi connectivity index (χ0v) is 19.4. The number of amides is 2. The summed E-state index contributed by atoms with van der Waals surface area (Å²) in [6.45, 7) is 3.07. The van der Waals surface area contributed by atoms with E-state index in [1.54, 1.807) is 55.5 Å². The van der Waals surface area contributed by atoms with Crippen molar-refractivity contribution in [3.05, 3.63) is 54.1 Å². The van der Waals surface area contributed by atoms with Crippen molar-refractivity contribution in [1.29, 1.82) is 0 Å². The Morgan fingerprint density at radius 1 is 1.03 bits per heavy atom. The molecule has 1 fully saturated rings. The second kappa shape index (κ2) is 10.0. The molecular weight excluding hydrogens is 430 g/mol. The molecule has 2 amide bonds. The molecule has 8 nitrogen and oxygen atoms in total. The van der Waals surface area contributed by atoms with Crippen LogP contribution in [0, 0.1) is 0 Å². The van der Waals surface area contributed by atoms with Crippen LogP contribution in [0.25, 0.3) is 0 Å². The maximum Gasteiger partial charge on any atom is 0.265 e. The van der Waals surface area contributed by atoms with Crippen LogP contribution in [0.1, 0.15) is 36.5 Å². The van der Waals surface area contributed by atoms with Crippen molar-refractivity contribution in [3.8, 4) is 5.75 Å². The molecule has 1 saturated heterocycles. The molecule has 1 aliphatic rings. The molecule has 1 heterocycles. The van der Waals surface area contributed by atoms with Crippen molar-refractivity contribution in [2.45, 2.75) is 32.3 Å². The van der Waals surface area contributed by atoms with Crippen LogP contribution in [-0.4, -0.2) is 57.6 Å². The Morgan fingerprint density at radius 2 is 1.66 bits per heavy atom. The van der Waals surface area contributed by atoms with E-state index in [1.807, 2.05) is 4.90 Å². The van der Waals surface area contributed by atoms with Crippen LogP contribution < -0.4 is 14.4 Å². The van der Waals surface area contributed by atoms with Crippen LogP contribution in [0.3, 0.4) is 0 Å². The summed E-state index contributed by atoms with van der Waals surface area (Å²) in [7, 11) is -1.90. The number of piperidine rings is 1. The Balaban J connectivity index is 1.65. The van der Waals surface area contributed by atoms with Gasteiger partial charge in [-0.1, -0.05) is 12.1 Å². The standard InChI is InChI=1S/C23H29N3O5S/c1-17(31-19-13-11-18(12-14-19)25(2)32(3,29)30)22(27)24-21-10-6-5-9-20(21)23(28)26-15-7-4-8-16-26/h5-6,9-14,17H,4,7-8,15-16H2,1-3H3,(H,24,27)/t17-/m1/s1. The van der Waals surface area contributed by atoms with E-state index >= 15 is 0 Å². The fourth-order valence-corrected chi connectivity index (χ4v) is 3.97. The van der Waals surface area contributed by atoms with Crippen molar-refractivity contribution < 1.29 is 22.7 Å². The minimum Gasteiger partial charge on any atom is -0.481 e. The number of carbonyl (C=O) groups excluding carboxylic acids is 2. The highest BCUT2D eigenvalue weighted by Crippen LogP contribution is 2.23. The molecule has 0 aliphatic carbocycles. The van der Waals surface area contributed by atoms with Gasteiger partial charge >= 0.3 is 0 Å². The van der Waals surface area contributed by atoms with Crippen molar-refractivity contribution in [1.82, 2.24) is 4.90 Å². The predicted molar refractivity (Wildman–Crippen MR) is 125 cm³/mol. The Kier molecular flexibility index (Phi) is 7.40. The van der Waals surface area contributed by atoms with Crippen LogP contribution >= 0.6 is 0 Å². The number of likely N-dealkylation sites (tertiary alicyclic amines) is 1. The Hall–Kier alpha value is -3.07. The van der Waals surface area contributed by atoms with Gasteiger partial charge in [-0.3, -0.25) is 13.9 Å². The van der Waals surface area contributed by atoms with Gasteiger partial charge in [0.15, 0.2) is 6.10 Å². The summed E-state index contributed by atoms with van der Waals surface area (Å²) in [6, 6.07) is 13.4. The van der Waals surface area contributed by atoms with Gasteiger partial charge in [-0.05, 0) is 62.6 Å². The average molecular weight is 460 g/mol. The number of nitrogens with zero attached hydrogens (tertiary/aromatic N) is 2. The highest BCUT2D eigenvalue weighted by atomic mass is 32.2. The van der Waals surface area contributed by atoms with Crippen LogP contribution in [0.2, 0.25) is 0 Å². The second-order valence-electron chi connectivity index (χ2n) is 7.87. The number of sulfonamides is 1. The van der Waals surface area contributed by atoms with E-state index in [4.69, 9.17) is 4.74 Å². The summed E-state index contributed by atoms with van der Waals surface area (Å²) in [5, 5.41) is 2.80. The zero-order valence-electron chi connectivity index (χ0n) is 18.6. The van der Waals surface area contributed by atoms with E-state index < -0.39 is 16.1 Å². The van der Waals surface area contributed by atoms with Gasteiger partial charge in [-0.2, -0.15) is 0 Å². The van der Waals surface area contributed by atoms with Gasteiger partial charge in [-0.25, -0.2) is 8.42 Å². The molecule has 1 aliphatic heterocycles. The van der Waals surface area contributed by atoms with Gasteiger partial charge < -0.3 is 15.0 Å². The first-order valence-electron chi connectivity index (χ1n) is 10.6. The van der Waals surface area contributed by atoms with Gasteiger partial charge in [0.05, 0.1) is 23.2 Å². The zero-order chi connectivity index (χ0) is 23.3. The fraction of sp³-hybridized carbons (Fsp3) is 0.391. The highest BCUT2D eigenvalue weighted by molar-refractivity contribution is 7.92. The quantitative estimate of drug-likeness (QED) is 0.686. The van der Waals surface area contributed by atoms with E-state index in [1.165, 1.54) is 7.05 Å². The first kappa shape index (κ1) is 23.6. The minimum atomic E-state index is -3.36. The second-order valence-corrected chi connectivity index (χ2v) is 9.89. The maximum atomic E-state index is 12.9. The molecule has 172 valence electrons. The number of ether oxygens (including phenoxy) is 1. The van der Waals surface area contributed by atoms with Crippen LogP contribution in [-0.2, 0) is 14.8 Å². The number of nitrogens with one attached hydrogen (secondary N) is 1. The number of rotatable bonds is 7. The predicted octanol–water partition coefficient (Wildman–Crippen LogP) is 3.11. The van der Waals surface area contributed by atoms with Crippen LogP contribution in [0.4, 0.5) is 11.4 Å². The molecule has 0 bridgehead atoms. The van der Waals surface area contributed by atoms with Gasteiger partial charge in [0.25, 0.3) is 11.8 Å². The highest BCUT2D eigenvalue weighted by Gasteiger charge is 2.23. The van der Waals surface area contributed by atoms with Crippen LogP contribution in [0.15, 0.2) is 48.5 Å². The van der Waals surface area contributed by atoms with E-state index in [0.29, 0.717) is 22.7 Å². The van der Waals surface area contributed by atoms with Gasteiger partial charge in [0.1, 0.15) is 5.75 Å². The molecule has 0 spiro atoms. The summed E-state index contributed by atoms with van der Waals surface area (Å²) in [5.41, 5.74) is 1.40. The Morgan fingerprint density at radius 3 is 2.28 bits per heavy atom.